The maximum Gasteiger partial charge on any atom is 0.224 e. The number of anilines is 4. The van der Waals surface area contributed by atoms with Crippen LogP contribution in [0.15, 0.2) is 60.8 Å². The highest BCUT2D eigenvalue weighted by Crippen LogP contribution is 2.24. The molecule has 0 atom stereocenters. The maximum atomic E-state index is 6.07. The van der Waals surface area contributed by atoms with Crippen molar-refractivity contribution in [3.05, 3.63) is 71.5 Å². The van der Waals surface area contributed by atoms with Gasteiger partial charge in [-0.05, 0) is 55.7 Å². The Morgan fingerprint density at radius 3 is 2.48 bits per heavy atom. The van der Waals surface area contributed by atoms with E-state index in [4.69, 9.17) is 19.4 Å². The first-order valence-electron chi connectivity index (χ1n) is 11.1. The van der Waals surface area contributed by atoms with E-state index in [1.165, 1.54) is 0 Å². The fraction of sp³-hybridized carbons (Fsp3) is 0.240. The minimum atomic E-state index is 0.636. The van der Waals surface area contributed by atoms with Gasteiger partial charge in [-0.3, -0.25) is 4.98 Å². The molecule has 33 heavy (non-hydrogen) atoms. The third-order valence-corrected chi connectivity index (χ3v) is 5.47. The molecule has 2 aromatic heterocycles. The lowest BCUT2D eigenvalue weighted by molar-refractivity contribution is 0.789. The highest BCUT2D eigenvalue weighted by atomic mass is 35.5. The van der Waals surface area contributed by atoms with Gasteiger partial charge in [-0.15, -0.1) is 0 Å². The lowest BCUT2D eigenvalue weighted by atomic mass is 9.96. The molecule has 0 fully saturated rings. The van der Waals surface area contributed by atoms with Gasteiger partial charge in [0.1, 0.15) is 13.7 Å². The summed E-state index contributed by atoms with van der Waals surface area (Å²) in [5.41, 5.74) is 4.62. The van der Waals surface area contributed by atoms with Crippen LogP contribution in [0.3, 0.4) is 0 Å². The molecular formula is C25H26BClN6. The molecule has 0 spiro atoms. The van der Waals surface area contributed by atoms with Crippen molar-refractivity contribution < 1.29 is 0 Å². The molecule has 3 N–H and O–H groups in total. The average Bonchev–Trinajstić information content (AvgIpc) is 2.82. The van der Waals surface area contributed by atoms with E-state index in [0.717, 1.165) is 71.6 Å². The topological polar surface area (TPSA) is 74.8 Å². The first kappa shape index (κ1) is 22.9. The SMILES string of the molecule is [B]c1ccc(Nc2cc(CC)nc(NCCCCNc3ccnc4cc(Cl)ccc34)n2)cc1. The Hall–Kier alpha value is -3.32. The summed E-state index contributed by atoms with van der Waals surface area (Å²) < 4.78 is 0. The summed E-state index contributed by atoms with van der Waals surface area (Å²) in [6, 6.07) is 17.3. The predicted octanol–water partition coefficient (Wildman–Crippen LogP) is 5.08. The molecule has 2 aromatic carbocycles. The highest BCUT2D eigenvalue weighted by Gasteiger charge is 2.05. The van der Waals surface area contributed by atoms with Gasteiger partial charge in [0.25, 0.3) is 0 Å². The van der Waals surface area contributed by atoms with Gasteiger partial charge in [0.15, 0.2) is 0 Å². The molecule has 0 amide bonds. The number of nitrogens with one attached hydrogen (secondary N) is 3. The first-order valence-corrected chi connectivity index (χ1v) is 11.5. The van der Waals surface area contributed by atoms with Gasteiger partial charge in [-0.1, -0.05) is 36.1 Å². The molecule has 4 aromatic rings. The number of fused-ring (bicyclic) bond motifs is 1. The molecule has 8 heteroatoms. The number of hydrogen-bond donors (Lipinski definition) is 3. The number of pyridine rings is 1. The smallest absolute Gasteiger partial charge is 0.224 e. The summed E-state index contributed by atoms with van der Waals surface area (Å²) in [6.45, 7) is 3.74. The van der Waals surface area contributed by atoms with Crippen LogP contribution in [-0.4, -0.2) is 35.9 Å². The fourth-order valence-corrected chi connectivity index (χ4v) is 3.65. The molecule has 4 rings (SSSR count). The molecule has 0 aliphatic heterocycles. The number of nitrogens with zero attached hydrogens (tertiary/aromatic N) is 3. The van der Waals surface area contributed by atoms with E-state index in [1.54, 1.807) is 6.20 Å². The minimum Gasteiger partial charge on any atom is -0.384 e. The molecule has 0 bridgehead atoms. The van der Waals surface area contributed by atoms with Gasteiger partial charge in [0.05, 0.1) is 5.52 Å². The summed E-state index contributed by atoms with van der Waals surface area (Å²) in [7, 11) is 5.77. The van der Waals surface area contributed by atoms with Crippen molar-refractivity contribution >= 4 is 59.0 Å². The van der Waals surface area contributed by atoms with Gasteiger partial charge in [-0.2, -0.15) is 4.98 Å². The molecule has 0 unspecified atom stereocenters. The Kier molecular flexibility index (Phi) is 7.63. The van der Waals surface area contributed by atoms with Gasteiger partial charge < -0.3 is 16.0 Å². The quantitative estimate of drug-likeness (QED) is 0.228. The molecule has 2 radical (unpaired) electrons. The van der Waals surface area contributed by atoms with E-state index in [-0.39, 0.29) is 0 Å². The van der Waals surface area contributed by atoms with Crippen molar-refractivity contribution in [2.45, 2.75) is 26.2 Å². The van der Waals surface area contributed by atoms with Crippen LogP contribution in [0.2, 0.25) is 5.02 Å². The Bertz CT molecular complexity index is 1220. The van der Waals surface area contributed by atoms with E-state index in [2.05, 4.69) is 37.8 Å². The summed E-state index contributed by atoms with van der Waals surface area (Å²) >= 11 is 6.07. The van der Waals surface area contributed by atoms with E-state index in [9.17, 15) is 0 Å². The van der Waals surface area contributed by atoms with Crippen LogP contribution < -0.4 is 21.4 Å². The van der Waals surface area contributed by atoms with Crippen molar-refractivity contribution in [1.29, 1.82) is 0 Å². The summed E-state index contributed by atoms with van der Waals surface area (Å²) in [5.74, 6) is 1.40. The van der Waals surface area contributed by atoms with Gasteiger partial charge in [0, 0.05) is 52.8 Å². The van der Waals surface area contributed by atoms with Gasteiger partial charge >= 0.3 is 0 Å². The number of rotatable bonds is 10. The van der Waals surface area contributed by atoms with Crippen LogP contribution in [0.5, 0.6) is 0 Å². The summed E-state index contributed by atoms with van der Waals surface area (Å²) in [5, 5.41) is 11.9. The molecule has 166 valence electrons. The second-order valence-electron chi connectivity index (χ2n) is 7.75. The molecule has 0 aliphatic rings. The maximum absolute atomic E-state index is 6.07. The molecule has 0 saturated carbocycles. The van der Waals surface area contributed by atoms with E-state index in [1.807, 2.05) is 54.6 Å². The predicted molar refractivity (Wildman–Crippen MR) is 139 cm³/mol. The van der Waals surface area contributed by atoms with Crippen molar-refractivity contribution in [3.8, 4) is 0 Å². The molecule has 6 nitrogen and oxygen atoms in total. The standard InChI is InChI=1S/C25H26BClN6/c1-2-19-16-24(31-20-8-5-17(26)6-9-20)33-25(32-19)30-13-4-3-12-28-22-11-14-29-23-15-18(27)7-10-21(22)23/h5-11,14-16H,2-4,12-13H2,1H3,(H,28,29)(H2,30,31,32,33). The number of benzene rings is 2. The Balaban J connectivity index is 1.27. The summed E-state index contributed by atoms with van der Waals surface area (Å²) in [4.78, 5) is 13.6. The Labute approximate surface area is 200 Å². The fourth-order valence-electron chi connectivity index (χ4n) is 3.48. The minimum absolute atomic E-state index is 0.636. The number of unbranched alkanes of at least 4 members (excludes halogenated alkanes) is 1. The second kappa shape index (κ2) is 11.0. The average molecular weight is 457 g/mol. The third kappa shape index (κ3) is 6.36. The molecule has 2 heterocycles. The molecule has 0 saturated heterocycles. The number of halogens is 1. The Morgan fingerprint density at radius 1 is 0.909 bits per heavy atom. The molecule has 0 aliphatic carbocycles. The monoisotopic (exact) mass is 456 g/mol. The lowest BCUT2D eigenvalue weighted by Gasteiger charge is -2.12. The summed E-state index contributed by atoms with van der Waals surface area (Å²) in [6.07, 6.45) is 4.63. The van der Waals surface area contributed by atoms with Crippen molar-refractivity contribution in [2.75, 3.05) is 29.0 Å². The van der Waals surface area contributed by atoms with Crippen molar-refractivity contribution in [1.82, 2.24) is 15.0 Å². The Morgan fingerprint density at radius 2 is 1.70 bits per heavy atom. The molecular weight excluding hydrogens is 431 g/mol. The van der Waals surface area contributed by atoms with Gasteiger partial charge in [0.2, 0.25) is 5.95 Å². The van der Waals surface area contributed by atoms with Crippen LogP contribution in [-0.2, 0) is 6.42 Å². The zero-order chi connectivity index (χ0) is 23.0. The van der Waals surface area contributed by atoms with E-state index >= 15 is 0 Å². The van der Waals surface area contributed by atoms with E-state index < -0.39 is 0 Å². The zero-order valence-electron chi connectivity index (χ0n) is 18.6. The van der Waals surface area contributed by atoms with Crippen LogP contribution in [0, 0.1) is 0 Å². The van der Waals surface area contributed by atoms with Crippen LogP contribution in [0.4, 0.5) is 23.1 Å². The highest BCUT2D eigenvalue weighted by molar-refractivity contribution is 6.32. The normalized spacial score (nSPS) is 10.8. The van der Waals surface area contributed by atoms with Crippen LogP contribution in [0.1, 0.15) is 25.5 Å². The van der Waals surface area contributed by atoms with E-state index in [0.29, 0.717) is 11.0 Å². The van der Waals surface area contributed by atoms with Gasteiger partial charge in [-0.25, -0.2) is 4.98 Å². The first-order chi connectivity index (χ1) is 16.1. The van der Waals surface area contributed by atoms with Crippen LogP contribution in [0.25, 0.3) is 10.9 Å². The number of aryl methyl sites for hydroxylation is 1. The second-order valence-corrected chi connectivity index (χ2v) is 8.19. The lowest BCUT2D eigenvalue weighted by Crippen LogP contribution is -2.10. The van der Waals surface area contributed by atoms with Crippen molar-refractivity contribution in [2.24, 2.45) is 0 Å². The zero-order valence-corrected chi connectivity index (χ0v) is 19.4. The largest absolute Gasteiger partial charge is 0.384 e. The van der Waals surface area contributed by atoms with Crippen LogP contribution >= 0.6 is 11.6 Å². The number of aromatic nitrogens is 3. The number of hydrogen-bond acceptors (Lipinski definition) is 6. The third-order valence-electron chi connectivity index (χ3n) is 5.23. The van der Waals surface area contributed by atoms with Crippen molar-refractivity contribution in [3.63, 3.8) is 0 Å².